The third-order valence-corrected chi connectivity index (χ3v) is 5.46. The van der Waals surface area contributed by atoms with Crippen LogP contribution in [0.5, 0.6) is 0 Å². The first kappa shape index (κ1) is 16.3. The summed E-state index contributed by atoms with van der Waals surface area (Å²) in [4.78, 5) is 24.1. The lowest BCUT2D eigenvalue weighted by Gasteiger charge is -2.32. The van der Waals surface area contributed by atoms with Crippen molar-refractivity contribution in [2.45, 2.75) is 58.3 Å². The lowest BCUT2D eigenvalue weighted by atomic mass is 9.92. The molecule has 2 aromatic rings. The summed E-state index contributed by atoms with van der Waals surface area (Å²) >= 11 is 0. The molecule has 1 saturated heterocycles. The molecule has 1 amide bonds. The molecule has 4 rings (SSSR count). The van der Waals surface area contributed by atoms with E-state index in [1.165, 1.54) is 0 Å². The van der Waals surface area contributed by atoms with E-state index >= 15 is 0 Å². The monoisotopic (exact) mass is 339 g/mol. The molecular formula is C20H25N3O2. The van der Waals surface area contributed by atoms with Crippen molar-refractivity contribution in [2.75, 3.05) is 13.1 Å². The molecule has 3 heterocycles. The van der Waals surface area contributed by atoms with Crippen molar-refractivity contribution < 1.29 is 9.21 Å². The smallest absolute Gasteiger partial charge is 0.257 e. The fraction of sp³-hybridized carbons (Fsp3) is 0.550. The Labute approximate surface area is 148 Å². The second-order valence-electron chi connectivity index (χ2n) is 7.32. The molecule has 2 aliphatic rings. The highest BCUT2D eigenvalue weighted by Gasteiger charge is 2.31. The molecule has 132 valence electrons. The van der Waals surface area contributed by atoms with Gasteiger partial charge in [0, 0.05) is 43.4 Å². The van der Waals surface area contributed by atoms with Crippen molar-refractivity contribution in [2.24, 2.45) is 0 Å². The topological polar surface area (TPSA) is 59.2 Å². The zero-order chi connectivity index (χ0) is 17.4. The van der Waals surface area contributed by atoms with Crippen LogP contribution in [0, 0.1) is 13.8 Å². The molecule has 0 aromatic carbocycles. The van der Waals surface area contributed by atoms with Gasteiger partial charge in [0.25, 0.3) is 5.91 Å². The molecule has 2 aromatic heterocycles. The van der Waals surface area contributed by atoms with E-state index in [9.17, 15) is 4.79 Å². The van der Waals surface area contributed by atoms with Crippen LogP contribution in [0.4, 0.5) is 0 Å². The van der Waals surface area contributed by atoms with Crippen molar-refractivity contribution in [3.63, 3.8) is 0 Å². The van der Waals surface area contributed by atoms with Crippen molar-refractivity contribution in [1.82, 2.24) is 14.9 Å². The Morgan fingerprint density at radius 1 is 1.20 bits per heavy atom. The Kier molecular flexibility index (Phi) is 4.32. The molecule has 0 spiro atoms. The number of hydrogen-bond acceptors (Lipinski definition) is 4. The van der Waals surface area contributed by atoms with Crippen LogP contribution in [0.2, 0.25) is 0 Å². The summed E-state index contributed by atoms with van der Waals surface area (Å²) in [5.41, 5.74) is 3.92. The number of rotatable bonds is 2. The summed E-state index contributed by atoms with van der Waals surface area (Å²) in [7, 11) is 0. The van der Waals surface area contributed by atoms with Crippen LogP contribution >= 0.6 is 0 Å². The van der Waals surface area contributed by atoms with E-state index in [2.05, 4.69) is 9.97 Å². The molecule has 0 radical (unpaired) electrons. The number of carbonyl (C=O) groups is 1. The number of hydrogen-bond donors (Lipinski definition) is 0. The minimum Gasteiger partial charge on any atom is -0.465 e. The zero-order valence-electron chi connectivity index (χ0n) is 15.0. The molecule has 1 fully saturated rings. The first-order valence-corrected chi connectivity index (χ1v) is 9.32. The first-order valence-electron chi connectivity index (χ1n) is 9.32. The summed E-state index contributed by atoms with van der Waals surface area (Å²) in [5, 5.41) is 0. The van der Waals surface area contributed by atoms with Crippen molar-refractivity contribution >= 4 is 5.91 Å². The van der Waals surface area contributed by atoms with Crippen LogP contribution in [0.3, 0.4) is 0 Å². The van der Waals surface area contributed by atoms with Crippen LogP contribution in [-0.2, 0) is 12.8 Å². The van der Waals surface area contributed by atoms with E-state index in [0.29, 0.717) is 0 Å². The summed E-state index contributed by atoms with van der Waals surface area (Å²) in [6.45, 7) is 5.42. The summed E-state index contributed by atoms with van der Waals surface area (Å²) in [5.74, 6) is 2.22. The maximum atomic E-state index is 13.2. The minimum atomic E-state index is 0.134. The number of aryl methyl sites for hydroxylation is 3. The SMILES string of the molecule is Cc1cncc([C@H]2CCCN(C(=O)c3c(C)oc4c3CCCC4)C2)n1. The summed E-state index contributed by atoms with van der Waals surface area (Å²) < 4.78 is 5.91. The average molecular weight is 339 g/mol. The second kappa shape index (κ2) is 6.62. The van der Waals surface area contributed by atoms with E-state index in [1.54, 1.807) is 6.20 Å². The Morgan fingerprint density at radius 3 is 2.88 bits per heavy atom. The minimum absolute atomic E-state index is 0.134. The molecule has 0 bridgehead atoms. The maximum absolute atomic E-state index is 13.2. The largest absolute Gasteiger partial charge is 0.465 e. The average Bonchev–Trinajstić information content (AvgIpc) is 2.97. The van der Waals surface area contributed by atoms with Crippen LogP contribution in [0.1, 0.15) is 70.4 Å². The molecule has 1 aliphatic heterocycles. The molecule has 5 heteroatoms. The fourth-order valence-electron chi connectivity index (χ4n) is 4.22. The van der Waals surface area contributed by atoms with Gasteiger partial charge < -0.3 is 9.32 Å². The Hall–Kier alpha value is -2.17. The lowest BCUT2D eigenvalue weighted by Crippen LogP contribution is -2.40. The highest BCUT2D eigenvalue weighted by molar-refractivity contribution is 5.97. The van der Waals surface area contributed by atoms with Gasteiger partial charge >= 0.3 is 0 Å². The third kappa shape index (κ3) is 3.08. The molecule has 1 aliphatic carbocycles. The molecule has 0 saturated carbocycles. The van der Waals surface area contributed by atoms with Gasteiger partial charge in [-0.2, -0.15) is 0 Å². The van der Waals surface area contributed by atoms with Crippen LogP contribution in [0.25, 0.3) is 0 Å². The van der Waals surface area contributed by atoms with Crippen LogP contribution in [-0.4, -0.2) is 33.9 Å². The van der Waals surface area contributed by atoms with E-state index in [1.807, 2.05) is 24.9 Å². The quantitative estimate of drug-likeness (QED) is 0.839. The standard InChI is InChI=1S/C20H25N3O2/c1-13-10-21-11-17(22-13)15-6-5-9-23(12-15)20(24)19-14(2)25-18-8-4-3-7-16(18)19/h10-11,15H,3-9,12H2,1-2H3/t15-/m0/s1. The van der Waals surface area contributed by atoms with Gasteiger partial charge in [-0.15, -0.1) is 0 Å². The molecule has 1 atom stereocenters. The maximum Gasteiger partial charge on any atom is 0.257 e. The van der Waals surface area contributed by atoms with E-state index < -0.39 is 0 Å². The van der Waals surface area contributed by atoms with Gasteiger partial charge in [0.2, 0.25) is 0 Å². The number of likely N-dealkylation sites (tertiary alicyclic amines) is 1. The molecule has 0 unspecified atom stereocenters. The van der Waals surface area contributed by atoms with Crippen molar-refractivity contribution in [3.05, 3.63) is 46.4 Å². The van der Waals surface area contributed by atoms with Gasteiger partial charge in [-0.25, -0.2) is 0 Å². The highest BCUT2D eigenvalue weighted by Crippen LogP contribution is 2.32. The number of fused-ring (bicyclic) bond motifs is 1. The number of furan rings is 1. The van der Waals surface area contributed by atoms with Crippen LogP contribution in [0.15, 0.2) is 16.8 Å². The predicted octanol–water partition coefficient (Wildman–Crippen LogP) is 3.59. The first-order chi connectivity index (χ1) is 12.1. The van der Waals surface area contributed by atoms with E-state index in [4.69, 9.17) is 4.42 Å². The van der Waals surface area contributed by atoms with E-state index in [-0.39, 0.29) is 11.8 Å². The van der Waals surface area contributed by atoms with Crippen molar-refractivity contribution in [1.29, 1.82) is 0 Å². The predicted molar refractivity (Wildman–Crippen MR) is 94.7 cm³/mol. The van der Waals surface area contributed by atoms with Gasteiger partial charge in [0.1, 0.15) is 11.5 Å². The fourth-order valence-corrected chi connectivity index (χ4v) is 4.22. The van der Waals surface area contributed by atoms with Crippen LogP contribution < -0.4 is 0 Å². The molecule has 5 nitrogen and oxygen atoms in total. The van der Waals surface area contributed by atoms with Gasteiger partial charge in [0.05, 0.1) is 17.0 Å². The third-order valence-electron chi connectivity index (χ3n) is 5.46. The number of carbonyl (C=O) groups excluding carboxylic acids is 1. The van der Waals surface area contributed by atoms with Crippen molar-refractivity contribution in [3.8, 4) is 0 Å². The lowest BCUT2D eigenvalue weighted by molar-refractivity contribution is 0.0703. The second-order valence-corrected chi connectivity index (χ2v) is 7.32. The van der Waals surface area contributed by atoms with Gasteiger partial charge in [-0.1, -0.05) is 0 Å². The number of nitrogens with zero attached hydrogens (tertiary/aromatic N) is 3. The zero-order valence-corrected chi connectivity index (χ0v) is 15.0. The summed E-state index contributed by atoms with van der Waals surface area (Å²) in [6.07, 6.45) is 9.92. The van der Waals surface area contributed by atoms with Gasteiger partial charge in [-0.3, -0.25) is 14.8 Å². The molecule has 0 N–H and O–H groups in total. The Morgan fingerprint density at radius 2 is 2.04 bits per heavy atom. The molecular weight excluding hydrogens is 314 g/mol. The number of amides is 1. The van der Waals surface area contributed by atoms with Gasteiger partial charge in [0.15, 0.2) is 0 Å². The Bertz CT molecular complexity index is 796. The van der Waals surface area contributed by atoms with Gasteiger partial charge in [-0.05, 0) is 46.0 Å². The normalized spacial score (nSPS) is 20.4. The summed E-state index contributed by atoms with van der Waals surface area (Å²) in [6, 6.07) is 0. The molecule has 25 heavy (non-hydrogen) atoms. The highest BCUT2D eigenvalue weighted by atomic mass is 16.3. The Balaban J connectivity index is 1.57. The van der Waals surface area contributed by atoms with E-state index in [0.717, 1.165) is 85.6 Å². The number of piperidine rings is 1. The number of aromatic nitrogens is 2.